The number of nitrogens with zero attached hydrogens (tertiary/aromatic N) is 1. The Morgan fingerprint density at radius 1 is 1.10 bits per heavy atom. The molecule has 0 radical (unpaired) electrons. The number of carboxylic acids is 1. The highest BCUT2D eigenvalue weighted by Crippen LogP contribution is 2.49. The summed E-state index contributed by atoms with van der Waals surface area (Å²) in [6.07, 6.45) is -1.75. The Hall–Kier alpha value is -3.32. The van der Waals surface area contributed by atoms with Gasteiger partial charge in [-0.05, 0) is 69.1 Å². The Labute approximate surface area is 232 Å². The van der Waals surface area contributed by atoms with Gasteiger partial charge in [0.05, 0.1) is 19.2 Å². The van der Waals surface area contributed by atoms with Crippen LogP contribution in [0.4, 0.5) is 32.4 Å². The number of benzene rings is 2. The number of hydrogen-bond donors (Lipinski definition) is 3. The number of hydrogen-bond acceptors (Lipinski definition) is 5. The first-order valence-electron chi connectivity index (χ1n) is 12.2. The molecule has 4 rings (SSSR count). The van der Waals surface area contributed by atoms with Crippen molar-refractivity contribution in [2.45, 2.75) is 49.4 Å². The van der Waals surface area contributed by atoms with Crippen molar-refractivity contribution in [3.8, 4) is 11.5 Å². The van der Waals surface area contributed by atoms with Gasteiger partial charge in [-0.25, -0.2) is 18.4 Å². The first kappa shape index (κ1) is 31.2. The number of carbonyl (C=O) groups excluding carboxylic acids is 1. The summed E-state index contributed by atoms with van der Waals surface area (Å²) in [5.41, 5.74) is 0.586. The second kappa shape index (κ2) is 12.5. The number of carboxylic acid groups (broad SMARTS) is 1. The van der Waals surface area contributed by atoms with Crippen LogP contribution in [0.25, 0.3) is 0 Å². The second-order valence-corrected chi connectivity index (χ2v) is 9.97. The van der Waals surface area contributed by atoms with Gasteiger partial charge in [-0.15, -0.1) is 0 Å². The first-order valence-corrected chi connectivity index (χ1v) is 12.5. The van der Waals surface area contributed by atoms with Crippen LogP contribution >= 0.6 is 11.6 Å². The van der Waals surface area contributed by atoms with Crippen molar-refractivity contribution < 1.29 is 46.1 Å². The molecule has 0 bridgehead atoms. The lowest BCUT2D eigenvalue weighted by Gasteiger charge is -2.45. The van der Waals surface area contributed by atoms with Gasteiger partial charge in [0.25, 0.3) is 0 Å². The molecule has 2 aromatic rings. The highest BCUT2D eigenvalue weighted by Gasteiger charge is 2.50. The summed E-state index contributed by atoms with van der Waals surface area (Å²) >= 11 is 5.72. The molecular weight excluding hydrogens is 565 g/mol. The molecule has 1 aliphatic carbocycles. The summed E-state index contributed by atoms with van der Waals surface area (Å²) in [6, 6.07) is 7.63. The smallest absolute Gasteiger partial charge is 0.490 e. The zero-order valence-electron chi connectivity index (χ0n) is 21.9. The van der Waals surface area contributed by atoms with Crippen molar-refractivity contribution in [2.75, 3.05) is 33.1 Å². The number of nitrogens with one attached hydrogen (secondary N) is 2. The molecule has 2 amide bonds. The number of likely N-dealkylation sites (tertiary alicyclic amines) is 1. The van der Waals surface area contributed by atoms with Crippen LogP contribution in [0, 0.1) is 11.6 Å². The van der Waals surface area contributed by atoms with Crippen LogP contribution in [0.15, 0.2) is 30.3 Å². The Bertz CT molecular complexity index is 1250. The minimum absolute atomic E-state index is 0.0614. The van der Waals surface area contributed by atoms with E-state index >= 15 is 0 Å². The lowest BCUT2D eigenvalue weighted by atomic mass is 9.65. The van der Waals surface area contributed by atoms with Crippen molar-refractivity contribution in [3.05, 3.63) is 52.6 Å². The first-order chi connectivity index (χ1) is 18.7. The SMILES string of the molecule is COc1ccc([C@@]23CC[C@@H](NC(=O)Nc4c(F)ccc(Cl)c4F)C[C@@H]2N(C)CC3)cc1OC.O=C(O)C(F)(F)F. The molecule has 0 spiro atoms. The molecule has 1 heterocycles. The number of alkyl halides is 3. The predicted molar refractivity (Wildman–Crippen MR) is 137 cm³/mol. The van der Waals surface area contributed by atoms with E-state index in [9.17, 15) is 26.7 Å². The number of anilines is 1. The Kier molecular flexibility index (Phi) is 9.72. The number of rotatable bonds is 5. The van der Waals surface area contributed by atoms with E-state index < -0.39 is 35.5 Å². The quantitative estimate of drug-likeness (QED) is 0.309. The third kappa shape index (κ3) is 6.69. The molecular formula is C26H29ClF5N3O5. The lowest BCUT2D eigenvalue weighted by molar-refractivity contribution is -0.192. The van der Waals surface area contributed by atoms with E-state index in [-0.39, 0.29) is 22.5 Å². The largest absolute Gasteiger partial charge is 0.493 e. The minimum atomic E-state index is -5.08. The number of carbonyl (C=O) groups is 2. The zero-order chi connectivity index (χ0) is 29.8. The molecule has 3 atom stereocenters. The fraction of sp³-hybridized carbons (Fsp3) is 0.462. The van der Waals surface area contributed by atoms with E-state index in [4.69, 9.17) is 31.0 Å². The molecule has 1 saturated heterocycles. The number of halogens is 6. The summed E-state index contributed by atoms with van der Waals surface area (Å²) in [6.45, 7) is 0.941. The maximum atomic E-state index is 14.1. The zero-order valence-corrected chi connectivity index (χ0v) is 22.6. The summed E-state index contributed by atoms with van der Waals surface area (Å²) in [4.78, 5) is 23.7. The average molecular weight is 594 g/mol. The van der Waals surface area contributed by atoms with E-state index in [2.05, 4.69) is 34.7 Å². The van der Waals surface area contributed by atoms with Gasteiger partial charge in [0.15, 0.2) is 17.3 Å². The number of amides is 2. The summed E-state index contributed by atoms with van der Waals surface area (Å²) in [5, 5.41) is 12.0. The fourth-order valence-electron chi connectivity index (χ4n) is 5.37. The Morgan fingerprint density at radius 2 is 1.75 bits per heavy atom. The molecule has 1 saturated carbocycles. The molecule has 8 nitrogen and oxygen atoms in total. The highest BCUT2D eigenvalue weighted by atomic mass is 35.5. The average Bonchev–Trinajstić information content (AvgIpc) is 3.25. The maximum absolute atomic E-state index is 14.1. The molecule has 220 valence electrons. The van der Waals surface area contributed by atoms with Crippen molar-refractivity contribution in [1.82, 2.24) is 10.2 Å². The normalized spacial score (nSPS) is 22.4. The van der Waals surface area contributed by atoms with Crippen LogP contribution in [0.5, 0.6) is 11.5 Å². The molecule has 0 unspecified atom stereocenters. The van der Waals surface area contributed by atoms with Crippen molar-refractivity contribution in [2.24, 2.45) is 0 Å². The summed E-state index contributed by atoms with van der Waals surface area (Å²) in [5.74, 6) is -3.24. The van der Waals surface area contributed by atoms with Gasteiger partial charge in [-0.2, -0.15) is 13.2 Å². The Balaban J connectivity index is 0.000000559. The van der Waals surface area contributed by atoms with Gasteiger partial charge in [0.1, 0.15) is 11.5 Å². The summed E-state index contributed by atoms with van der Waals surface area (Å²) < 4.78 is 70.8. The number of methoxy groups -OCH3 is 2. The molecule has 3 N–H and O–H groups in total. The monoisotopic (exact) mass is 593 g/mol. The van der Waals surface area contributed by atoms with Gasteiger partial charge in [-0.3, -0.25) is 0 Å². The molecule has 0 aromatic heterocycles. The number of aliphatic carboxylic acids is 1. The molecule has 14 heteroatoms. The molecule has 2 aromatic carbocycles. The van der Waals surface area contributed by atoms with Crippen molar-refractivity contribution in [3.63, 3.8) is 0 Å². The standard InChI is InChI=1S/C24H28ClF2N3O3.C2HF3O2/c1-30-11-10-24(14-4-7-18(32-2)19(12-14)33-3)9-8-15(13-20(24)30)28-23(31)29-22-17(26)6-5-16(25)21(22)27;3-2(4,5)1(6)7/h4-7,12,15,20H,8-11,13H2,1-3H3,(H2,28,29,31);(H,6,7)/t15-,20+,24+;/m1./s1. The van der Waals surface area contributed by atoms with Gasteiger partial charge >= 0.3 is 18.2 Å². The van der Waals surface area contributed by atoms with E-state index in [0.717, 1.165) is 44.4 Å². The van der Waals surface area contributed by atoms with Crippen LogP contribution < -0.4 is 20.1 Å². The summed E-state index contributed by atoms with van der Waals surface area (Å²) in [7, 11) is 5.33. The predicted octanol–water partition coefficient (Wildman–Crippen LogP) is 5.58. The van der Waals surface area contributed by atoms with Crippen molar-refractivity contribution in [1.29, 1.82) is 0 Å². The topological polar surface area (TPSA) is 100 Å². The third-order valence-electron chi connectivity index (χ3n) is 7.35. The van der Waals surface area contributed by atoms with Gasteiger partial charge < -0.3 is 30.1 Å². The van der Waals surface area contributed by atoms with Crippen LogP contribution in [-0.2, 0) is 10.2 Å². The maximum Gasteiger partial charge on any atom is 0.490 e. The Morgan fingerprint density at radius 3 is 2.35 bits per heavy atom. The molecule has 2 aliphatic rings. The lowest BCUT2D eigenvalue weighted by Crippen LogP contribution is -2.52. The van der Waals surface area contributed by atoms with Crippen LogP contribution in [0.2, 0.25) is 5.02 Å². The van der Waals surface area contributed by atoms with Crippen molar-refractivity contribution >= 4 is 29.3 Å². The van der Waals surface area contributed by atoms with Gasteiger partial charge in [0.2, 0.25) is 0 Å². The number of ether oxygens (including phenoxy) is 2. The molecule has 2 fully saturated rings. The molecule has 40 heavy (non-hydrogen) atoms. The van der Waals surface area contributed by atoms with E-state index in [0.29, 0.717) is 11.5 Å². The highest BCUT2D eigenvalue weighted by molar-refractivity contribution is 6.31. The number of urea groups is 1. The van der Waals surface area contributed by atoms with E-state index in [1.807, 2.05) is 6.07 Å². The number of fused-ring (bicyclic) bond motifs is 1. The van der Waals surface area contributed by atoms with Gasteiger partial charge in [-0.1, -0.05) is 17.7 Å². The fourth-order valence-corrected chi connectivity index (χ4v) is 5.53. The van der Waals surface area contributed by atoms with Crippen LogP contribution in [-0.4, -0.2) is 68.1 Å². The van der Waals surface area contributed by atoms with Gasteiger partial charge in [0, 0.05) is 17.5 Å². The van der Waals surface area contributed by atoms with Crippen LogP contribution in [0.1, 0.15) is 31.2 Å². The second-order valence-electron chi connectivity index (χ2n) is 9.56. The minimum Gasteiger partial charge on any atom is -0.493 e. The van der Waals surface area contributed by atoms with Crippen LogP contribution in [0.3, 0.4) is 0 Å². The third-order valence-corrected chi connectivity index (χ3v) is 7.64. The van der Waals surface area contributed by atoms with E-state index in [1.54, 1.807) is 14.2 Å². The number of likely N-dealkylation sites (N-methyl/N-ethyl adjacent to an activating group) is 1. The molecule has 1 aliphatic heterocycles. The van der Waals surface area contributed by atoms with E-state index in [1.165, 1.54) is 5.56 Å².